The Morgan fingerprint density at radius 3 is 1.20 bits per heavy atom. The van der Waals surface area contributed by atoms with Gasteiger partial charge in [-0.25, -0.2) is 15.0 Å². The van der Waals surface area contributed by atoms with E-state index in [1.807, 2.05) is 0 Å². The monoisotopic (exact) mass is 735 g/mol. The van der Waals surface area contributed by atoms with Gasteiger partial charge in [0.1, 0.15) is 0 Å². The predicted octanol–water partition coefficient (Wildman–Crippen LogP) is 12.1. The number of benzene rings is 7. The van der Waals surface area contributed by atoms with Gasteiger partial charge in [-0.3, -0.25) is 0 Å². The molecule has 0 unspecified atom stereocenters. The van der Waals surface area contributed by atoms with Crippen LogP contribution in [0, 0.1) is 0 Å². The van der Waals surface area contributed by atoms with Gasteiger partial charge < -0.3 is 0 Å². The molecule has 3 aliphatic carbocycles. The van der Waals surface area contributed by atoms with Gasteiger partial charge in [-0.1, -0.05) is 184 Å². The lowest BCUT2D eigenvalue weighted by molar-refractivity contribution is 0.660. The first-order valence-corrected chi connectivity index (χ1v) is 23.2. The number of nitrogens with zero attached hydrogens (tertiary/aromatic N) is 3. The van der Waals surface area contributed by atoms with Crippen LogP contribution >= 0.6 is 0 Å². The quantitative estimate of drug-likeness (QED) is 0.169. The van der Waals surface area contributed by atoms with Gasteiger partial charge in [0.2, 0.25) is 0 Å². The largest absolute Gasteiger partial charge is 0.208 e. The molecule has 0 amide bonds. The molecule has 3 nitrogen and oxygen atoms in total. The van der Waals surface area contributed by atoms with Gasteiger partial charge in [0.05, 0.1) is 13.5 Å². The van der Waals surface area contributed by atoms with Crippen molar-refractivity contribution in [1.82, 2.24) is 15.0 Å². The number of fused-ring (bicyclic) bond motifs is 13. The van der Waals surface area contributed by atoms with Crippen molar-refractivity contribution < 1.29 is 0 Å². The van der Waals surface area contributed by atoms with Crippen LogP contribution in [0.15, 0.2) is 158 Å². The van der Waals surface area contributed by atoms with Crippen molar-refractivity contribution in [2.45, 2.75) is 44.3 Å². The maximum Gasteiger partial charge on any atom is 0.164 e. The van der Waals surface area contributed by atoms with Crippen LogP contribution in [0.3, 0.4) is 0 Å². The summed E-state index contributed by atoms with van der Waals surface area (Å²) in [5, 5.41) is 1.41. The van der Waals surface area contributed by atoms with Crippen molar-refractivity contribution in [1.29, 1.82) is 0 Å². The fourth-order valence-corrected chi connectivity index (χ4v) is 11.1. The molecule has 0 saturated carbocycles. The average Bonchev–Trinajstić information content (AvgIpc) is 3.79. The van der Waals surface area contributed by atoms with E-state index < -0.39 is 13.5 Å². The van der Waals surface area contributed by atoms with Crippen LogP contribution in [-0.2, 0) is 10.8 Å². The molecule has 8 aromatic rings. The van der Waals surface area contributed by atoms with Gasteiger partial charge in [-0.15, -0.1) is 0 Å². The van der Waals surface area contributed by atoms with Crippen LogP contribution in [0.4, 0.5) is 0 Å². The molecule has 56 heavy (non-hydrogen) atoms. The van der Waals surface area contributed by atoms with Gasteiger partial charge in [-0.05, 0) is 78.9 Å². The fourth-order valence-electron chi connectivity index (χ4n) is 9.96. The molecule has 0 bridgehead atoms. The molecule has 268 valence electrons. The summed E-state index contributed by atoms with van der Waals surface area (Å²) < 4.78 is 0. The highest BCUT2D eigenvalue weighted by Crippen LogP contribution is 2.63. The highest BCUT2D eigenvalue weighted by molar-refractivity contribution is 6.88. The van der Waals surface area contributed by atoms with Gasteiger partial charge in [0.15, 0.2) is 17.5 Å². The van der Waals surface area contributed by atoms with Crippen molar-refractivity contribution in [3.8, 4) is 67.5 Å². The molecule has 0 radical (unpaired) electrons. The molecule has 7 aromatic carbocycles. The van der Waals surface area contributed by atoms with Crippen LogP contribution in [0.2, 0.25) is 19.6 Å². The lowest BCUT2D eigenvalue weighted by atomic mass is 9.70. The zero-order valence-electron chi connectivity index (χ0n) is 32.4. The number of hydrogen-bond acceptors (Lipinski definition) is 3. The van der Waals surface area contributed by atoms with Gasteiger partial charge in [-0.2, -0.15) is 0 Å². The normalized spacial score (nSPS) is 14.8. The first-order valence-electron chi connectivity index (χ1n) is 19.7. The summed E-state index contributed by atoms with van der Waals surface area (Å²) in [6.45, 7) is 11.8. The molecule has 1 heterocycles. The summed E-state index contributed by atoms with van der Waals surface area (Å²) in [4.78, 5) is 15.9. The Morgan fingerprint density at radius 2 is 0.714 bits per heavy atom. The smallest absolute Gasteiger partial charge is 0.164 e. The SMILES string of the molecule is CC1(C)c2ccccc2-c2ccc(-c3nc(-c4ccc([Si](C)(C)C)cc4)nc(-c4ccc5c(c4)C4(c6ccccc6-c6ccccc64)c4ccccc4-5)n3)cc21. The molecule has 1 aromatic heterocycles. The third kappa shape index (κ3) is 4.54. The molecule has 0 aliphatic heterocycles. The highest BCUT2D eigenvalue weighted by atomic mass is 28.3. The number of rotatable bonds is 4. The van der Waals surface area contributed by atoms with E-state index in [4.69, 9.17) is 15.0 Å². The maximum absolute atomic E-state index is 5.34. The summed E-state index contributed by atoms with van der Waals surface area (Å²) in [5.74, 6) is 2.05. The minimum Gasteiger partial charge on any atom is -0.208 e. The van der Waals surface area contributed by atoms with E-state index in [1.165, 1.54) is 71.9 Å². The van der Waals surface area contributed by atoms with Crippen molar-refractivity contribution in [3.63, 3.8) is 0 Å². The topological polar surface area (TPSA) is 38.7 Å². The summed E-state index contributed by atoms with van der Waals surface area (Å²) in [6.07, 6.45) is 0. The molecular formula is C52H41N3Si. The van der Waals surface area contributed by atoms with Crippen LogP contribution < -0.4 is 5.19 Å². The van der Waals surface area contributed by atoms with Gasteiger partial charge in [0, 0.05) is 22.1 Å². The molecule has 0 N–H and O–H groups in total. The molecule has 0 saturated heterocycles. The molecule has 4 heteroatoms. The van der Waals surface area contributed by atoms with Crippen molar-refractivity contribution >= 4 is 13.3 Å². The van der Waals surface area contributed by atoms with Crippen LogP contribution in [-0.4, -0.2) is 23.0 Å². The van der Waals surface area contributed by atoms with E-state index in [1.54, 1.807) is 0 Å². The second kappa shape index (κ2) is 11.6. The molecule has 0 fully saturated rings. The molecular weight excluding hydrogens is 695 g/mol. The molecule has 0 atom stereocenters. The Kier molecular flexibility index (Phi) is 6.89. The van der Waals surface area contributed by atoms with Crippen LogP contribution in [0.5, 0.6) is 0 Å². The van der Waals surface area contributed by atoms with E-state index in [-0.39, 0.29) is 5.41 Å². The van der Waals surface area contributed by atoms with Crippen molar-refractivity contribution in [2.24, 2.45) is 0 Å². The number of aromatic nitrogens is 3. The molecule has 1 spiro atoms. The molecule has 3 aliphatic rings. The third-order valence-corrected chi connectivity index (χ3v) is 14.8. The van der Waals surface area contributed by atoms with E-state index in [0.29, 0.717) is 17.5 Å². The van der Waals surface area contributed by atoms with Gasteiger partial charge in [0.25, 0.3) is 0 Å². The zero-order chi connectivity index (χ0) is 38.0. The first kappa shape index (κ1) is 33.1. The van der Waals surface area contributed by atoms with Crippen molar-refractivity contribution in [3.05, 3.63) is 191 Å². The van der Waals surface area contributed by atoms with E-state index in [0.717, 1.165) is 16.7 Å². The van der Waals surface area contributed by atoms with Crippen LogP contribution in [0.1, 0.15) is 47.2 Å². The van der Waals surface area contributed by atoms with Gasteiger partial charge >= 0.3 is 0 Å². The second-order valence-electron chi connectivity index (χ2n) is 17.2. The summed E-state index contributed by atoms with van der Waals surface area (Å²) in [7, 11) is -1.49. The minimum atomic E-state index is -1.49. The zero-order valence-corrected chi connectivity index (χ0v) is 33.4. The lowest BCUT2D eigenvalue weighted by Gasteiger charge is -2.30. The Bertz CT molecular complexity index is 2870. The van der Waals surface area contributed by atoms with Crippen molar-refractivity contribution in [2.75, 3.05) is 0 Å². The van der Waals surface area contributed by atoms with Crippen LogP contribution in [0.25, 0.3) is 67.5 Å². The van der Waals surface area contributed by atoms with E-state index in [2.05, 4.69) is 191 Å². The van der Waals surface area contributed by atoms with E-state index >= 15 is 0 Å². The standard InChI is InChI=1S/C52H41N3Si/c1-51(2)42-18-10-6-14-36(42)40-28-24-33(30-46(40)51)49-53-48(32-22-26-35(27-23-32)56(3,4)5)54-50(55-49)34-25-29-41-39-17-9-13-21-45(39)52(47(41)31-34)43-19-11-7-15-37(43)38-16-8-12-20-44(38)52/h6-31H,1-5H3. The Hall–Kier alpha value is -6.23. The minimum absolute atomic E-state index is 0.134. The fraction of sp³-hybridized carbons (Fsp3) is 0.135. The highest BCUT2D eigenvalue weighted by Gasteiger charge is 2.51. The Morgan fingerprint density at radius 1 is 0.357 bits per heavy atom. The summed E-state index contributed by atoms with van der Waals surface area (Å²) in [6, 6.07) is 58.2. The average molecular weight is 736 g/mol. The van der Waals surface area contributed by atoms with E-state index in [9.17, 15) is 0 Å². The predicted molar refractivity (Wildman–Crippen MR) is 233 cm³/mol. The Labute approximate surface area is 329 Å². The number of hydrogen-bond donors (Lipinski definition) is 0. The maximum atomic E-state index is 5.34. The summed E-state index contributed by atoms with van der Waals surface area (Å²) in [5.41, 5.74) is 18.0. The summed E-state index contributed by atoms with van der Waals surface area (Å²) >= 11 is 0. The first-order chi connectivity index (χ1) is 27.1. The molecule has 11 rings (SSSR count). The Balaban J connectivity index is 1.13. The third-order valence-electron chi connectivity index (χ3n) is 12.7. The second-order valence-corrected chi connectivity index (χ2v) is 22.3. The lowest BCUT2D eigenvalue weighted by Crippen LogP contribution is -2.37.